The second-order valence-corrected chi connectivity index (χ2v) is 5.63. The first-order valence-corrected chi connectivity index (χ1v) is 7.23. The molecule has 2 rings (SSSR count). The molecule has 0 aliphatic heterocycles. The maximum absolute atomic E-state index is 12.5. The zero-order chi connectivity index (χ0) is 13.8. The quantitative estimate of drug-likeness (QED) is 0.654. The van der Waals surface area contributed by atoms with Crippen molar-refractivity contribution in [3.05, 3.63) is 29.3 Å². The summed E-state index contributed by atoms with van der Waals surface area (Å²) in [5, 5.41) is 0. The zero-order valence-corrected chi connectivity index (χ0v) is 12.0. The minimum absolute atomic E-state index is 0.120. The fraction of sp³-hybridized carbons (Fsp3) is 0.562. The van der Waals surface area contributed by atoms with Crippen LogP contribution in [0.25, 0.3) is 0 Å². The number of rotatable bonds is 2. The van der Waals surface area contributed by atoms with Gasteiger partial charge in [0.25, 0.3) is 5.91 Å². The highest BCUT2D eigenvalue weighted by Gasteiger charge is 2.22. The first-order valence-electron chi connectivity index (χ1n) is 7.23. The molecule has 3 heteroatoms. The number of nitrogen functional groups attached to an aromatic ring is 1. The third kappa shape index (κ3) is 3.28. The highest BCUT2D eigenvalue weighted by atomic mass is 16.2. The van der Waals surface area contributed by atoms with Crippen LogP contribution in [0.4, 0.5) is 5.69 Å². The van der Waals surface area contributed by atoms with E-state index in [1.165, 1.54) is 25.7 Å². The van der Waals surface area contributed by atoms with Gasteiger partial charge in [0.2, 0.25) is 0 Å². The zero-order valence-electron chi connectivity index (χ0n) is 12.0. The van der Waals surface area contributed by atoms with Crippen molar-refractivity contribution in [3.8, 4) is 0 Å². The molecule has 1 aromatic rings. The summed E-state index contributed by atoms with van der Waals surface area (Å²) >= 11 is 0. The summed E-state index contributed by atoms with van der Waals surface area (Å²) in [5.74, 6) is 0.120. The second kappa shape index (κ2) is 6.09. The summed E-state index contributed by atoms with van der Waals surface area (Å²) < 4.78 is 0. The molecule has 1 aromatic carbocycles. The van der Waals surface area contributed by atoms with Crippen molar-refractivity contribution in [2.75, 3.05) is 12.8 Å². The molecule has 0 atom stereocenters. The number of hydrogen-bond donors (Lipinski definition) is 1. The minimum atomic E-state index is 0.120. The van der Waals surface area contributed by atoms with E-state index in [2.05, 4.69) is 0 Å². The van der Waals surface area contributed by atoms with Gasteiger partial charge in [-0.2, -0.15) is 0 Å². The first kappa shape index (κ1) is 13.9. The lowest BCUT2D eigenvalue weighted by Crippen LogP contribution is -2.36. The molecule has 2 N–H and O–H groups in total. The number of aryl methyl sites for hydroxylation is 1. The summed E-state index contributed by atoms with van der Waals surface area (Å²) in [5.41, 5.74) is 8.27. The number of benzene rings is 1. The van der Waals surface area contributed by atoms with Gasteiger partial charge in [0, 0.05) is 24.3 Å². The summed E-state index contributed by atoms with van der Waals surface area (Å²) in [7, 11) is 1.93. The van der Waals surface area contributed by atoms with Crippen LogP contribution in [0, 0.1) is 6.92 Å². The van der Waals surface area contributed by atoms with Gasteiger partial charge in [-0.15, -0.1) is 0 Å². The van der Waals surface area contributed by atoms with E-state index in [1.807, 2.05) is 37.1 Å². The lowest BCUT2D eigenvalue weighted by molar-refractivity contribution is 0.0717. The Hall–Kier alpha value is -1.51. The van der Waals surface area contributed by atoms with Crippen LogP contribution in [0.2, 0.25) is 0 Å². The molecule has 0 bridgehead atoms. The summed E-state index contributed by atoms with van der Waals surface area (Å²) in [6.45, 7) is 1.94. The molecule has 19 heavy (non-hydrogen) atoms. The van der Waals surface area contributed by atoms with Gasteiger partial charge in [-0.1, -0.05) is 25.7 Å². The van der Waals surface area contributed by atoms with Gasteiger partial charge in [0.05, 0.1) is 0 Å². The molecule has 0 aromatic heterocycles. The van der Waals surface area contributed by atoms with E-state index in [4.69, 9.17) is 5.73 Å². The molecule has 1 fully saturated rings. The standard InChI is InChI=1S/C16H24N2O/c1-12-11-13(9-10-15(12)17)16(19)18(2)14-7-5-3-4-6-8-14/h9-11,14H,3-8,17H2,1-2H3. The number of carbonyl (C=O) groups excluding carboxylic acids is 1. The fourth-order valence-corrected chi connectivity index (χ4v) is 2.82. The van der Waals surface area contributed by atoms with Gasteiger partial charge in [-0.3, -0.25) is 4.79 Å². The molecule has 1 saturated carbocycles. The van der Waals surface area contributed by atoms with E-state index in [0.717, 1.165) is 29.7 Å². The number of nitrogens with zero attached hydrogens (tertiary/aromatic N) is 1. The topological polar surface area (TPSA) is 46.3 Å². The normalized spacial score (nSPS) is 16.9. The number of carbonyl (C=O) groups is 1. The highest BCUT2D eigenvalue weighted by molar-refractivity contribution is 5.94. The van der Waals surface area contributed by atoms with Crippen LogP contribution in [0.15, 0.2) is 18.2 Å². The number of hydrogen-bond acceptors (Lipinski definition) is 2. The third-order valence-corrected chi connectivity index (χ3v) is 4.21. The molecule has 0 radical (unpaired) electrons. The molecule has 1 amide bonds. The number of nitrogens with two attached hydrogens (primary N) is 1. The lowest BCUT2D eigenvalue weighted by Gasteiger charge is -2.27. The van der Waals surface area contributed by atoms with Gasteiger partial charge in [0.1, 0.15) is 0 Å². The summed E-state index contributed by atoms with van der Waals surface area (Å²) in [6.07, 6.45) is 7.36. The van der Waals surface area contributed by atoms with Crippen LogP contribution in [0.5, 0.6) is 0 Å². The van der Waals surface area contributed by atoms with E-state index in [-0.39, 0.29) is 5.91 Å². The number of amides is 1. The molecular weight excluding hydrogens is 236 g/mol. The van der Waals surface area contributed by atoms with E-state index >= 15 is 0 Å². The Balaban J connectivity index is 2.10. The molecule has 0 spiro atoms. The highest BCUT2D eigenvalue weighted by Crippen LogP contribution is 2.23. The molecule has 3 nitrogen and oxygen atoms in total. The Labute approximate surface area is 115 Å². The first-order chi connectivity index (χ1) is 9.09. The Morgan fingerprint density at radius 2 is 1.84 bits per heavy atom. The maximum atomic E-state index is 12.5. The predicted octanol–water partition coefficient (Wildman–Crippen LogP) is 3.37. The maximum Gasteiger partial charge on any atom is 0.253 e. The van der Waals surface area contributed by atoms with Crippen molar-refractivity contribution < 1.29 is 4.79 Å². The summed E-state index contributed by atoms with van der Waals surface area (Å²) in [6, 6.07) is 5.94. The van der Waals surface area contributed by atoms with Crippen molar-refractivity contribution in [2.24, 2.45) is 0 Å². The predicted molar refractivity (Wildman–Crippen MR) is 79.2 cm³/mol. The Kier molecular flexibility index (Phi) is 4.46. The van der Waals surface area contributed by atoms with Gasteiger partial charge in [0.15, 0.2) is 0 Å². The van der Waals surface area contributed by atoms with Gasteiger partial charge < -0.3 is 10.6 Å². The van der Waals surface area contributed by atoms with Crippen molar-refractivity contribution >= 4 is 11.6 Å². The van der Waals surface area contributed by atoms with Crippen LogP contribution in [-0.2, 0) is 0 Å². The average Bonchev–Trinajstić information content (AvgIpc) is 2.69. The largest absolute Gasteiger partial charge is 0.399 e. The van der Waals surface area contributed by atoms with Crippen molar-refractivity contribution in [2.45, 2.75) is 51.5 Å². The SMILES string of the molecule is Cc1cc(C(=O)N(C)C2CCCCCC2)ccc1N. The molecule has 104 valence electrons. The van der Waals surface area contributed by atoms with Crippen LogP contribution in [-0.4, -0.2) is 23.9 Å². The van der Waals surface area contributed by atoms with E-state index < -0.39 is 0 Å². The average molecular weight is 260 g/mol. The molecule has 1 aliphatic carbocycles. The van der Waals surface area contributed by atoms with Crippen LogP contribution < -0.4 is 5.73 Å². The molecular formula is C16H24N2O. The van der Waals surface area contributed by atoms with Crippen LogP contribution >= 0.6 is 0 Å². The molecule has 1 aliphatic rings. The number of anilines is 1. The Bertz CT molecular complexity index is 448. The summed E-state index contributed by atoms with van der Waals surface area (Å²) in [4.78, 5) is 14.4. The Morgan fingerprint density at radius 1 is 1.21 bits per heavy atom. The van der Waals surface area contributed by atoms with E-state index in [1.54, 1.807) is 0 Å². The van der Waals surface area contributed by atoms with Crippen molar-refractivity contribution in [3.63, 3.8) is 0 Å². The van der Waals surface area contributed by atoms with Crippen molar-refractivity contribution in [1.82, 2.24) is 4.90 Å². The second-order valence-electron chi connectivity index (χ2n) is 5.63. The van der Waals surface area contributed by atoms with E-state index in [9.17, 15) is 4.79 Å². The molecule has 0 heterocycles. The monoisotopic (exact) mass is 260 g/mol. The van der Waals surface area contributed by atoms with Gasteiger partial charge in [-0.05, 0) is 43.5 Å². The van der Waals surface area contributed by atoms with Crippen molar-refractivity contribution in [1.29, 1.82) is 0 Å². The van der Waals surface area contributed by atoms with Gasteiger partial charge >= 0.3 is 0 Å². The third-order valence-electron chi connectivity index (χ3n) is 4.21. The van der Waals surface area contributed by atoms with Crippen LogP contribution in [0.3, 0.4) is 0 Å². The molecule has 0 saturated heterocycles. The van der Waals surface area contributed by atoms with Crippen LogP contribution in [0.1, 0.15) is 54.4 Å². The fourth-order valence-electron chi connectivity index (χ4n) is 2.82. The smallest absolute Gasteiger partial charge is 0.253 e. The minimum Gasteiger partial charge on any atom is -0.399 e. The molecule has 0 unspecified atom stereocenters. The van der Waals surface area contributed by atoms with E-state index in [0.29, 0.717) is 6.04 Å². The van der Waals surface area contributed by atoms with Gasteiger partial charge in [-0.25, -0.2) is 0 Å². The Morgan fingerprint density at radius 3 is 2.42 bits per heavy atom. The lowest BCUT2D eigenvalue weighted by atomic mass is 10.0.